The molecule has 0 bridgehead atoms. The lowest BCUT2D eigenvalue weighted by molar-refractivity contribution is 0.189. The number of amides is 2. The fraction of sp³-hybridized carbons (Fsp3) is 0.417. The number of carbonyl (C=O) groups is 1. The molecule has 6 heteroatoms. The minimum absolute atomic E-state index is 0. The Morgan fingerprint density at radius 3 is 2.67 bits per heavy atom. The van der Waals surface area contributed by atoms with Gasteiger partial charge in [-0.25, -0.2) is 9.18 Å². The van der Waals surface area contributed by atoms with E-state index in [1.165, 1.54) is 6.07 Å². The first-order valence-electron chi connectivity index (χ1n) is 5.74. The van der Waals surface area contributed by atoms with Crippen molar-refractivity contribution in [2.24, 2.45) is 0 Å². The number of rotatable bonds is 2. The van der Waals surface area contributed by atoms with Gasteiger partial charge >= 0.3 is 6.03 Å². The summed E-state index contributed by atoms with van der Waals surface area (Å²) in [5.41, 5.74) is 0.510. The fourth-order valence-electron chi connectivity index (χ4n) is 1.79. The molecule has 2 rings (SSSR count). The first-order chi connectivity index (χ1) is 8.27. The van der Waals surface area contributed by atoms with Crippen LogP contribution in [0.1, 0.15) is 5.56 Å². The molecule has 18 heavy (non-hydrogen) atoms. The maximum atomic E-state index is 13.3. The topological polar surface area (TPSA) is 44.4 Å². The molecule has 1 aromatic carbocycles. The summed E-state index contributed by atoms with van der Waals surface area (Å²) in [6, 6.07) is 6.33. The maximum absolute atomic E-state index is 13.3. The SMILES string of the molecule is Cl.O=C(NCc1ccccc1F)N1CCNCC1. The number of halogens is 2. The zero-order valence-corrected chi connectivity index (χ0v) is 10.8. The van der Waals surface area contributed by atoms with Crippen molar-refractivity contribution in [2.45, 2.75) is 6.54 Å². The molecule has 4 nitrogen and oxygen atoms in total. The Bertz CT molecular complexity index is 397. The van der Waals surface area contributed by atoms with Crippen LogP contribution in [0.3, 0.4) is 0 Å². The average molecular weight is 274 g/mol. The van der Waals surface area contributed by atoms with Crippen LogP contribution in [0.15, 0.2) is 24.3 Å². The van der Waals surface area contributed by atoms with Crippen LogP contribution in [0.5, 0.6) is 0 Å². The van der Waals surface area contributed by atoms with Crippen molar-refractivity contribution in [3.05, 3.63) is 35.6 Å². The Hall–Kier alpha value is -1.33. The third-order valence-electron chi connectivity index (χ3n) is 2.79. The van der Waals surface area contributed by atoms with Gasteiger partial charge in [0.2, 0.25) is 0 Å². The molecule has 1 heterocycles. The second-order valence-electron chi connectivity index (χ2n) is 3.99. The summed E-state index contributed by atoms with van der Waals surface area (Å²) < 4.78 is 13.3. The van der Waals surface area contributed by atoms with Crippen LogP contribution in [0.2, 0.25) is 0 Å². The standard InChI is InChI=1S/C12H16FN3O.ClH/c13-11-4-2-1-3-10(11)9-15-12(17)16-7-5-14-6-8-16;/h1-4,14H,5-9H2,(H,15,17);1H. The lowest BCUT2D eigenvalue weighted by Crippen LogP contribution is -2.50. The average Bonchev–Trinajstić information content (AvgIpc) is 2.38. The molecule has 0 atom stereocenters. The van der Waals surface area contributed by atoms with Crippen LogP contribution in [-0.2, 0) is 6.54 Å². The molecular weight excluding hydrogens is 257 g/mol. The smallest absolute Gasteiger partial charge is 0.317 e. The van der Waals surface area contributed by atoms with E-state index in [1.54, 1.807) is 23.1 Å². The van der Waals surface area contributed by atoms with E-state index in [4.69, 9.17) is 0 Å². The van der Waals surface area contributed by atoms with E-state index in [9.17, 15) is 9.18 Å². The lowest BCUT2D eigenvalue weighted by atomic mass is 10.2. The van der Waals surface area contributed by atoms with E-state index in [0.29, 0.717) is 18.7 Å². The van der Waals surface area contributed by atoms with E-state index in [1.807, 2.05) is 0 Å². The lowest BCUT2D eigenvalue weighted by Gasteiger charge is -2.27. The van der Waals surface area contributed by atoms with E-state index < -0.39 is 0 Å². The molecule has 2 N–H and O–H groups in total. The summed E-state index contributed by atoms with van der Waals surface area (Å²) in [7, 11) is 0. The molecule has 1 saturated heterocycles. The first-order valence-corrected chi connectivity index (χ1v) is 5.74. The fourth-order valence-corrected chi connectivity index (χ4v) is 1.79. The van der Waals surface area contributed by atoms with Crippen LogP contribution < -0.4 is 10.6 Å². The van der Waals surface area contributed by atoms with Gasteiger partial charge in [-0.15, -0.1) is 12.4 Å². The highest BCUT2D eigenvalue weighted by Crippen LogP contribution is 2.05. The molecule has 1 aliphatic heterocycles. The van der Waals surface area contributed by atoms with Gasteiger partial charge in [-0.3, -0.25) is 0 Å². The summed E-state index contributed by atoms with van der Waals surface area (Å²) >= 11 is 0. The highest BCUT2D eigenvalue weighted by atomic mass is 35.5. The van der Waals surface area contributed by atoms with Gasteiger partial charge in [-0.2, -0.15) is 0 Å². The molecule has 0 aliphatic carbocycles. The summed E-state index contributed by atoms with van der Waals surface area (Å²) in [6.07, 6.45) is 0. The Kier molecular flexibility index (Phi) is 5.88. The van der Waals surface area contributed by atoms with Crippen LogP contribution >= 0.6 is 12.4 Å². The van der Waals surface area contributed by atoms with Gasteiger partial charge in [0.1, 0.15) is 5.82 Å². The van der Waals surface area contributed by atoms with Gasteiger partial charge in [0, 0.05) is 38.3 Å². The molecule has 100 valence electrons. The highest BCUT2D eigenvalue weighted by molar-refractivity contribution is 5.85. The largest absolute Gasteiger partial charge is 0.334 e. The van der Waals surface area contributed by atoms with Gasteiger partial charge in [0.15, 0.2) is 0 Å². The van der Waals surface area contributed by atoms with Crippen molar-refractivity contribution in [2.75, 3.05) is 26.2 Å². The third kappa shape index (κ3) is 3.85. The first kappa shape index (κ1) is 14.7. The second-order valence-corrected chi connectivity index (χ2v) is 3.99. The number of urea groups is 1. The number of carbonyl (C=O) groups excluding carboxylic acids is 1. The van der Waals surface area contributed by atoms with Gasteiger partial charge in [0.25, 0.3) is 0 Å². The van der Waals surface area contributed by atoms with Gasteiger partial charge in [-0.1, -0.05) is 18.2 Å². The molecule has 0 saturated carbocycles. The van der Waals surface area contributed by atoms with Crippen molar-refractivity contribution in [3.8, 4) is 0 Å². The minimum atomic E-state index is -0.284. The van der Waals surface area contributed by atoms with Crippen LogP contribution in [0.4, 0.5) is 9.18 Å². The predicted octanol–water partition coefficient (Wildman–Crippen LogP) is 1.36. The summed E-state index contributed by atoms with van der Waals surface area (Å²) in [5.74, 6) is -0.284. The highest BCUT2D eigenvalue weighted by Gasteiger charge is 2.15. The number of piperazine rings is 1. The summed E-state index contributed by atoms with van der Waals surface area (Å²) in [4.78, 5) is 13.5. The minimum Gasteiger partial charge on any atom is -0.334 e. The zero-order valence-electron chi connectivity index (χ0n) is 9.99. The van der Waals surface area contributed by atoms with Gasteiger partial charge in [-0.05, 0) is 6.07 Å². The zero-order chi connectivity index (χ0) is 12.1. The monoisotopic (exact) mass is 273 g/mol. The van der Waals surface area contributed by atoms with Crippen molar-refractivity contribution < 1.29 is 9.18 Å². The van der Waals surface area contributed by atoms with Crippen molar-refractivity contribution in [1.82, 2.24) is 15.5 Å². The molecule has 1 fully saturated rings. The molecule has 2 amide bonds. The molecular formula is C12H17ClFN3O. The van der Waals surface area contributed by atoms with Crippen LogP contribution in [0.25, 0.3) is 0 Å². The quantitative estimate of drug-likeness (QED) is 0.855. The molecule has 0 spiro atoms. The molecule has 0 aromatic heterocycles. The van der Waals surface area contributed by atoms with Crippen molar-refractivity contribution in [1.29, 1.82) is 0 Å². The molecule has 0 radical (unpaired) electrons. The summed E-state index contributed by atoms with van der Waals surface area (Å²) in [5, 5.41) is 5.90. The number of nitrogens with zero attached hydrogens (tertiary/aromatic N) is 1. The molecule has 1 aromatic rings. The van der Waals surface area contributed by atoms with E-state index in [-0.39, 0.29) is 30.8 Å². The van der Waals surface area contributed by atoms with Crippen molar-refractivity contribution >= 4 is 18.4 Å². The van der Waals surface area contributed by atoms with Gasteiger partial charge in [0.05, 0.1) is 0 Å². The number of hydrogen-bond acceptors (Lipinski definition) is 2. The Labute approximate surface area is 112 Å². The Morgan fingerprint density at radius 1 is 1.33 bits per heavy atom. The normalized spacial score (nSPS) is 14.8. The van der Waals surface area contributed by atoms with E-state index >= 15 is 0 Å². The Balaban J connectivity index is 0.00000162. The van der Waals surface area contributed by atoms with E-state index in [0.717, 1.165) is 13.1 Å². The van der Waals surface area contributed by atoms with Gasteiger partial charge < -0.3 is 15.5 Å². The maximum Gasteiger partial charge on any atom is 0.317 e. The number of nitrogens with one attached hydrogen (secondary N) is 2. The summed E-state index contributed by atoms with van der Waals surface area (Å²) in [6.45, 7) is 3.25. The predicted molar refractivity (Wildman–Crippen MR) is 70.3 cm³/mol. The van der Waals surface area contributed by atoms with Crippen LogP contribution in [-0.4, -0.2) is 37.1 Å². The second kappa shape index (κ2) is 7.18. The molecule has 0 unspecified atom stereocenters. The third-order valence-corrected chi connectivity index (χ3v) is 2.79. The Morgan fingerprint density at radius 2 is 2.00 bits per heavy atom. The van der Waals surface area contributed by atoms with E-state index in [2.05, 4.69) is 10.6 Å². The van der Waals surface area contributed by atoms with Crippen LogP contribution in [0, 0.1) is 5.82 Å². The van der Waals surface area contributed by atoms with Crippen molar-refractivity contribution in [3.63, 3.8) is 0 Å². The molecule has 1 aliphatic rings. The number of benzene rings is 1. The number of hydrogen-bond donors (Lipinski definition) is 2.